The summed E-state index contributed by atoms with van der Waals surface area (Å²) < 4.78 is 0. The second-order valence-corrected chi connectivity index (χ2v) is 5.66. The fourth-order valence-corrected chi connectivity index (χ4v) is 3.05. The molecule has 2 aromatic carbocycles. The molecule has 1 aromatic heterocycles. The number of fused-ring (bicyclic) bond motifs is 2. The second-order valence-electron chi connectivity index (χ2n) is 5.66. The van der Waals surface area contributed by atoms with E-state index in [9.17, 15) is 0 Å². The predicted octanol–water partition coefficient (Wildman–Crippen LogP) is 3.63. The highest BCUT2D eigenvalue weighted by molar-refractivity contribution is 5.86. The van der Waals surface area contributed by atoms with E-state index in [2.05, 4.69) is 47.4 Å². The van der Waals surface area contributed by atoms with Crippen LogP contribution in [0.25, 0.3) is 22.2 Å². The van der Waals surface area contributed by atoms with Crippen LogP contribution in [0.15, 0.2) is 48.7 Å². The van der Waals surface area contributed by atoms with Gasteiger partial charge in [0.1, 0.15) is 0 Å². The van der Waals surface area contributed by atoms with Gasteiger partial charge in [0.25, 0.3) is 0 Å². The maximum atomic E-state index is 6.13. The minimum atomic E-state index is 0.0967. The quantitative estimate of drug-likeness (QED) is 0.737. The number of nitrogens with two attached hydrogens (primary N) is 1. The molecule has 0 amide bonds. The van der Waals surface area contributed by atoms with Gasteiger partial charge in [-0.15, -0.1) is 0 Å². The molecule has 0 saturated carbocycles. The third-order valence-electron chi connectivity index (χ3n) is 4.24. The van der Waals surface area contributed by atoms with Gasteiger partial charge in [-0.3, -0.25) is 0 Å². The maximum absolute atomic E-state index is 6.13. The number of nitrogens with zero attached hydrogens (tertiary/aromatic N) is 2. The Balaban J connectivity index is 1.81. The van der Waals surface area contributed by atoms with E-state index in [1.54, 1.807) is 0 Å². The van der Waals surface area contributed by atoms with Crippen molar-refractivity contribution in [3.8, 4) is 11.4 Å². The van der Waals surface area contributed by atoms with Gasteiger partial charge in [0.2, 0.25) is 0 Å². The summed E-state index contributed by atoms with van der Waals surface area (Å²) in [5.74, 6) is 0.800. The van der Waals surface area contributed by atoms with Crippen LogP contribution < -0.4 is 5.73 Å². The molecular formula is C18H17N3. The Labute approximate surface area is 123 Å². The van der Waals surface area contributed by atoms with Gasteiger partial charge in [-0.25, -0.2) is 9.97 Å². The molecule has 0 saturated heterocycles. The highest BCUT2D eigenvalue weighted by Gasteiger charge is 2.19. The zero-order chi connectivity index (χ0) is 14.2. The minimum Gasteiger partial charge on any atom is -0.324 e. The predicted molar refractivity (Wildman–Crippen MR) is 84.8 cm³/mol. The summed E-state index contributed by atoms with van der Waals surface area (Å²) in [5.41, 5.74) is 9.43. The summed E-state index contributed by atoms with van der Waals surface area (Å²) in [6.07, 6.45) is 5.07. The van der Waals surface area contributed by atoms with Crippen molar-refractivity contribution in [3.63, 3.8) is 0 Å². The maximum Gasteiger partial charge on any atom is 0.159 e. The smallest absolute Gasteiger partial charge is 0.159 e. The second kappa shape index (κ2) is 4.93. The van der Waals surface area contributed by atoms with Gasteiger partial charge in [0, 0.05) is 29.1 Å². The average molecular weight is 275 g/mol. The van der Waals surface area contributed by atoms with Crippen molar-refractivity contribution >= 4 is 10.8 Å². The van der Waals surface area contributed by atoms with Crippen LogP contribution >= 0.6 is 0 Å². The zero-order valence-corrected chi connectivity index (χ0v) is 11.8. The lowest BCUT2D eigenvalue weighted by atomic mass is 9.93. The van der Waals surface area contributed by atoms with Crippen LogP contribution in [0.2, 0.25) is 0 Å². The molecule has 3 aromatic rings. The van der Waals surface area contributed by atoms with Gasteiger partial charge in [-0.05, 0) is 36.1 Å². The third-order valence-corrected chi connectivity index (χ3v) is 4.24. The van der Waals surface area contributed by atoms with Crippen molar-refractivity contribution in [1.82, 2.24) is 9.97 Å². The van der Waals surface area contributed by atoms with Crippen LogP contribution in [-0.4, -0.2) is 9.97 Å². The molecule has 1 heterocycles. The first kappa shape index (κ1) is 12.5. The largest absolute Gasteiger partial charge is 0.324 e. The lowest BCUT2D eigenvalue weighted by Crippen LogP contribution is -2.19. The highest BCUT2D eigenvalue weighted by atomic mass is 14.9. The number of hydrogen-bond acceptors (Lipinski definition) is 3. The lowest BCUT2D eigenvalue weighted by Gasteiger charge is -2.21. The number of benzene rings is 2. The Morgan fingerprint density at radius 1 is 1.05 bits per heavy atom. The Morgan fingerprint density at radius 2 is 1.90 bits per heavy atom. The summed E-state index contributed by atoms with van der Waals surface area (Å²) >= 11 is 0. The van der Waals surface area contributed by atoms with E-state index in [1.165, 1.54) is 10.8 Å². The Hall–Kier alpha value is -2.26. The minimum absolute atomic E-state index is 0.0967. The third kappa shape index (κ3) is 2.20. The molecule has 1 aliphatic rings. The summed E-state index contributed by atoms with van der Waals surface area (Å²) in [7, 11) is 0. The molecule has 1 unspecified atom stereocenters. The summed E-state index contributed by atoms with van der Waals surface area (Å²) in [4.78, 5) is 9.28. The van der Waals surface area contributed by atoms with Gasteiger partial charge in [0.05, 0.1) is 0 Å². The SMILES string of the molecule is NC1CCCc2nc(-c3ccc4ccccc4c3)ncc21. The summed E-state index contributed by atoms with van der Waals surface area (Å²) in [5, 5.41) is 2.45. The Morgan fingerprint density at radius 3 is 2.81 bits per heavy atom. The van der Waals surface area contributed by atoms with Crippen LogP contribution in [0.3, 0.4) is 0 Å². The van der Waals surface area contributed by atoms with Crippen LogP contribution in [0, 0.1) is 0 Å². The van der Waals surface area contributed by atoms with Gasteiger partial charge in [-0.1, -0.05) is 36.4 Å². The Bertz CT molecular complexity index is 810. The molecule has 3 heteroatoms. The summed E-state index contributed by atoms with van der Waals surface area (Å²) in [6.45, 7) is 0. The van der Waals surface area contributed by atoms with Crippen molar-refractivity contribution in [2.75, 3.05) is 0 Å². The topological polar surface area (TPSA) is 51.8 Å². The standard InChI is InChI=1S/C18H17N3/c19-16-6-3-7-17-15(16)11-20-18(21-17)14-9-8-12-4-1-2-5-13(12)10-14/h1-2,4-5,8-11,16H,3,6-7,19H2. The van der Waals surface area contributed by atoms with Crippen molar-refractivity contribution in [2.24, 2.45) is 5.73 Å². The van der Waals surface area contributed by atoms with Crippen LogP contribution in [0.1, 0.15) is 30.1 Å². The number of aryl methyl sites for hydroxylation is 1. The lowest BCUT2D eigenvalue weighted by molar-refractivity contribution is 0.557. The number of rotatable bonds is 1. The van der Waals surface area contributed by atoms with E-state index in [1.807, 2.05) is 6.20 Å². The van der Waals surface area contributed by atoms with Crippen molar-refractivity contribution in [2.45, 2.75) is 25.3 Å². The van der Waals surface area contributed by atoms with Gasteiger partial charge < -0.3 is 5.73 Å². The molecule has 0 bridgehead atoms. The molecule has 0 radical (unpaired) electrons. The van der Waals surface area contributed by atoms with E-state index in [0.29, 0.717) is 0 Å². The van der Waals surface area contributed by atoms with E-state index < -0.39 is 0 Å². The molecule has 21 heavy (non-hydrogen) atoms. The van der Waals surface area contributed by atoms with Gasteiger partial charge in [0.15, 0.2) is 5.82 Å². The van der Waals surface area contributed by atoms with Gasteiger partial charge in [-0.2, -0.15) is 0 Å². The molecule has 0 fully saturated rings. The molecule has 1 aliphatic carbocycles. The van der Waals surface area contributed by atoms with E-state index in [4.69, 9.17) is 10.7 Å². The van der Waals surface area contributed by atoms with Crippen LogP contribution in [-0.2, 0) is 6.42 Å². The fraction of sp³-hybridized carbons (Fsp3) is 0.222. The van der Waals surface area contributed by atoms with E-state index in [0.717, 1.165) is 41.9 Å². The summed E-state index contributed by atoms with van der Waals surface area (Å²) in [6, 6.07) is 14.8. The van der Waals surface area contributed by atoms with Crippen LogP contribution in [0.5, 0.6) is 0 Å². The normalized spacial score (nSPS) is 17.7. The first-order valence-electron chi connectivity index (χ1n) is 7.42. The van der Waals surface area contributed by atoms with Crippen molar-refractivity contribution in [3.05, 3.63) is 59.9 Å². The zero-order valence-electron chi connectivity index (χ0n) is 11.8. The molecule has 3 nitrogen and oxygen atoms in total. The van der Waals surface area contributed by atoms with Crippen molar-refractivity contribution < 1.29 is 0 Å². The molecule has 104 valence electrons. The number of hydrogen-bond donors (Lipinski definition) is 1. The molecule has 1 atom stereocenters. The van der Waals surface area contributed by atoms with Crippen LogP contribution in [0.4, 0.5) is 0 Å². The molecular weight excluding hydrogens is 258 g/mol. The molecule has 2 N–H and O–H groups in total. The van der Waals surface area contributed by atoms with E-state index >= 15 is 0 Å². The van der Waals surface area contributed by atoms with E-state index in [-0.39, 0.29) is 6.04 Å². The first-order chi connectivity index (χ1) is 10.3. The number of aromatic nitrogens is 2. The molecule has 0 spiro atoms. The monoisotopic (exact) mass is 275 g/mol. The Kier molecular flexibility index (Phi) is 2.93. The highest BCUT2D eigenvalue weighted by Crippen LogP contribution is 2.28. The molecule has 4 rings (SSSR count). The fourth-order valence-electron chi connectivity index (χ4n) is 3.05. The van der Waals surface area contributed by atoms with Gasteiger partial charge >= 0.3 is 0 Å². The first-order valence-corrected chi connectivity index (χ1v) is 7.42. The molecule has 0 aliphatic heterocycles. The van der Waals surface area contributed by atoms with Crippen molar-refractivity contribution in [1.29, 1.82) is 0 Å². The average Bonchev–Trinajstić information content (AvgIpc) is 2.54.